The average Bonchev–Trinajstić information content (AvgIpc) is 2.82. The summed E-state index contributed by atoms with van der Waals surface area (Å²) < 4.78 is 4.95. The van der Waals surface area contributed by atoms with Gasteiger partial charge in [0.1, 0.15) is 0 Å². The molecule has 0 amide bonds. The molecular weight excluding hydrogens is 248 g/mol. The molecule has 1 unspecified atom stereocenters. The van der Waals surface area contributed by atoms with Crippen LogP contribution in [0.4, 0.5) is 0 Å². The van der Waals surface area contributed by atoms with Crippen molar-refractivity contribution in [1.29, 1.82) is 0 Å². The van der Waals surface area contributed by atoms with Crippen LogP contribution in [0.1, 0.15) is 16.2 Å². The lowest BCUT2D eigenvalue weighted by Gasteiger charge is -2.37. The van der Waals surface area contributed by atoms with Gasteiger partial charge in [0, 0.05) is 38.3 Å². The topological polar surface area (TPSA) is 81.8 Å². The molecule has 0 saturated carbocycles. The smallest absolute Gasteiger partial charge is 0.358 e. The third-order valence-electron chi connectivity index (χ3n) is 3.44. The first-order valence-corrected chi connectivity index (χ1v) is 6.34. The summed E-state index contributed by atoms with van der Waals surface area (Å²) in [5.41, 5.74) is -0.0497. The van der Waals surface area contributed by atoms with E-state index in [1.165, 1.54) is 6.07 Å². The molecular formula is C12H20N4O3. The SMILES string of the molecule is CN1CCN(C)C(CNCc2cc(C(=O)O)no2)C1. The molecule has 106 valence electrons. The Morgan fingerprint density at radius 2 is 2.37 bits per heavy atom. The van der Waals surface area contributed by atoms with Crippen molar-refractivity contribution in [2.24, 2.45) is 0 Å². The number of nitrogens with one attached hydrogen (secondary N) is 1. The molecule has 0 bridgehead atoms. The fourth-order valence-electron chi connectivity index (χ4n) is 2.18. The van der Waals surface area contributed by atoms with E-state index in [9.17, 15) is 4.79 Å². The van der Waals surface area contributed by atoms with Gasteiger partial charge in [-0.05, 0) is 14.1 Å². The highest BCUT2D eigenvalue weighted by molar-refractivity contribution is 5.85. The molecule has 7 heteroatoms. The molecule has 2 heterocycles. The number of piperazine rings is 1. The van der Waals surface area contributed by atoms with E-state index >= 15 is 0 Å². The first kappa shape index (κ1) is 14.0. The molecule has 1 aromatic heterocycles. The van der Waals surface area contributed by atoms with Crippen LogP contribution in [0.15, 0.2) is 10.6 Å². The minimum absolute atomic E-state index is 0.0497. The van der Waals surface area contributed by atoms with Crippen molar-refractivity contribution in [1.82, 2.24) is 20.3 Å². The van der Waals surface area contributed by atoms with Crippen LogP contribution in [0.5, 0.6) is 0 Å². The monoisotopic (exact) mass is 268 g/mol. The van der Waals surface area contributed by atoms with Crippen LogP contribution in [-0.4, -0.2) is 72.3 Å². The van der Waals surface area contributed by atoms with Gasteiger partial charge in [0.2, 0.25) is 0 Å². The number of likely N-dealkylation sites (N-methyl/N-ethyl adjacent to an activating group) is 2. The number of aromatic nitrogens is 1. The van der Waals surface area contributed by atoms with Gasteiger partial charge in [0.05, 0.1) is 6.54 Å². The molecule has 0 aromatic carbocycles. The average molecular weight is 268 g/mol. The van der Waals surface area contributed by atoms with Crippen molar-refractivity contribution in [3.63, 3.8) is 0 Å². The van der Waals surface area contributed by atoms with Gasteiger partial charge < -0.3 is 19.8 Å². The van der Waals surface area contributed by atoms with Gasteiger partial charge >= 0.3 is 5.97 Å². The lowest BCUT2D eigenvalue weighted by Crippen LogP contribution is -2.53. The minimum Gasteiger partial charge on any atom is -0.476 e. The number of hydrogen-bond acceptors (Lipinski definition) is 6. The van der Waals surface area contributed by atoms with Gasteiger partial charge in [-0.1, -0.05) is 5.16 Å². The maximum absolute atomic E-state index is 10.7. The maximum atomic E-state index is 10.7. The number of carboxylic acids is 1. The van der Waals surface area contributed by atoms with E-state index in [4.69, 9.17) is 9.63 Å². The Morgan fingerprint density at radius 1 is 1.58 bits per heavy atom. The number of rotatable bonds is 5. The van der Waals surface area contributed by atoms with Gasteiger partial charge in [-0.2, -0.15) is 0 Å². The zero-order valence-electron chi connectivity index (χ0n) is 11.3. The molecule has 0 aliphatic carbocycles. The summed E-state index contributed by atoms with van der Waals surface area (Å²) in [6, 6.07) is 1.91. The molecule has 0 spiro atoms. The minimum atomic E-state index is -1.07. The lowest BCUT2D eigenvalue weighted by atomic mass is 10.2. The van der Waals surface area contributed by atoms with Gasteiger partial charge in [-0.3, -0.25) is 4.90 Å². The highest BCUT2D eigenvalue weighted by atomic mass is 16.5. The van der Waals surface area contributed by atoms with Crippen molar-refractivity contribution in [2.45, 2.75) is 12.6 Å². The van der Waals surface area contributed by atoms with Crippen LogP contribution < -0.4 is 5.32 Å². The standard InChI is InChI=1S/C12H20N4O3/c1-15-3-4-16(2)9(8-15)6-13-7-10-5-11(12(17)18)14-19-10/h5,9,13H,3-4,6-8H2,1-2H3,(H,17,18). The Hall–Kier alpha value is -1.44. The molecule has 19 heavy (non-hydrogen) atoms. The molecule has 1 atom stereocenters. The Kier molecular flexibility index (Phi) is 4.52. The summed E-state index contributed by atoms with van der Waals surface area (Å²) in [4.78, 5) is 15.3. The fourth-order valence-corrected chi connectivity index (χ4v) is 2.18. The van der Waals surface area contributed by atoms with Crippen molar-refractivity contribution >= 4 is 5.97 Å². The second kappa shape index (κ2) is 6.14. The summed E-state index contributed by atoms with van der Waals surface area (Å²) in [5.74, 6) is -0.521. The third-order valence-corrected chi connectivity index (χ3v) is 3.44. The van der Waals surface area contributed by atoms with E-state index in [1.54, 1.807) is 0 Å². The Bertz CT molecular complexity index is 434. The van der Waals surface area contributed by atoms with Crippen LogP contribution in [-0.2, 0) is 6.54 Å². The van der Waals surface area contributed by atoms with Gasteiger partial charge in [-0.15, -0.1) is 0 Å². The lowest BCUT2D eigenvalue weighted by molar-refractivity contribution is 0.0685. The van der Waals surface area contributed by atoms with Crippen LogP contribution in [0.3, 0.4) is 0 Å². The molecule has 7 nitrogen and oxygen atoms in total. The quantitative estimate of drug-likeness (QED) is 0.759. The Morgan fingerprint density at radius 3 is 3.05 bits per heavy atom. The molecule has 1 saturated heterocycles. The summed E-state index contributed by atoms with van der Waals surface area (Å²) in [7, 11) is 4.24. The predicted octanol–water partition coefficient (Wildman–Crippen LogP) is -0.292. The molecule has 1 aliphatic rings. The molecule has 2 N–H and O–H groups in total. The highest BCUT2D eigenvalue weighted by Crippen LogP contribution is 2.06. The zero-order chi connectivity index (χ0) is 13.8. The predicted molar refractivity (Wildman–Crippen MR) is 69.1 cm³/mol. The van der Waals surface area contributed by atoms with E-state index in [-0.39, 0.29) is 5.69 Å². The van der Waals surface area contributed by atoms with Gasteiger partial charge in [-0.25, -0.2) is 4.79 Å². The van der Waals surface area contributed by atoms with E-state index in [2.05, 4.69) is 34.4 Å². The summed E-state index contributed by atoms with van der Waals surface area (Å²) in [6.07, 6.45) is 0. The second-order valence-corrected chi connectivity index (χ2v) is 5.01. The molecule has 0 radical (unpaired) electrons. The summed E-state index contributed by atoms with van der Waals surface area (Å²) in [5, 5.41) is 15.5. The highest BCUT2D eigenvalue weighted by Gasteiger charge is 2.21. The van der Waals surface area contributed by atoms with Crippen LogP contribution >= 0.6 is 0 Å². The largest absolute Gasteiger partial charge is 0.476 e. The fraction of sp³-hybridized carbons (Fsp3) is 0.667. The number of aromatic carboxylic acids is 1. The molecule has 1 fully saturated rings. The number of hydrogen-bond donors (Lipinski definition) is 2. The van der Waals surface area contributed by atoms with E-state index in [0.717, 1.165) is 26.2 Å². The van der Waals surface area contributed by atoms with E-state index in [0.29, 0.717) is 18.3 Å². The van der Waals surface area contributed by atoms with Crippen molar-refractivity contribution in [3.05, 3.63) is 17.5 Å². The van der Waals surface area contributed by atoms with Gasteiger partial charge in [0.15, 0.2) is 11.5 Å². The van der Waals surface area contributed by atoms with Gasteiger partial charge in [0.25, 0.3) is 0 Å². The van der Waals surface area contributed by atoms with Crippen molar-refractivity contribution < 1.29 is 14.4 Å². The normalized spacial score (nSPS) is 21.7. The molecule has 2 rings (SSSR count). The summed E-state index contributed by atoms with van der Waals surface area (Å²) >= 11 is 0. The maximum Gasteiger partial charge on any atom is 0.358 e. The van der Waals surface area contributed by atoms with Crippen molar-refractivity contribution in [2.75, 3.05) is 40.3 Å². The first-order chi connectivity index (χ1) is 9.06. The van der Waals surface area contributed by atoms with E-state index < -0.39 is 5.97 Å². The third kappa shape index (κ3) is 3.76. The number of carbonyl (C=O) groups is 1. The Balaban J connectivity index is 1.77. The Labute approximate surface area is 112 Å². The van der Waals surface area contributed by atoms with Crippen LogP contribution in [0.2, 0.25) is 0 Å². The molecule has 1 aliphatic heterocycles. The number of nitrogens with zero attached hydrogens (tertiary/aromatic N) is 3. The zero-order valence-corrected chi connectivity index (χ0v) is 11.3. The van der Waals surface area contributed by atoms with Crippen LogP contribution in [0.25, 0.3) is 0 Å². The summed E-state index contributed by atoms with van der Waals surface area (Å²) in [6.45, 7) is 4.52. The second-order valence-electron chi connectivity index (χ2n) is 5.01. The van der Waals surface area contributed by atoms with Crippen LogP contribution in [0, 0.1) is 0 Å². The van der Waals surface area contributed by atoms with E-state index in [1.807, 2.05) is 0 Å². The van der Waals surface area contributed by atoms with Crippen molar-refractivity contribution in [3.8, 4) is 0 Å². The number of carboxylic acid groups (broad SMARTS) is 1. The first-order valence-electron chi connectivity index (χ1n) is 6.34. The molecule has 1 aromatic rings.